The predicted molar refractivity (Wildman–Crippen MR) is 120 cm³/mol. The summed E-state index contributed by atoms with van der Waals surface area (Å²) in [5, 5.41) is 1.34. The SMILES string of the molecule is CS(=O)Cc1cccc2c(C(c3ccc(Cl)cc3F)c3ccc(Cl)cc3F)c[nH]c12. The van der Waals surface area contributed by atoms with E-state index in [-0.39, 0.29) is 10.0 Å². The molecule has 1 aromatic heterocycles. The number of fused-ring (bicyclic) bond motifs is 1. The number of hydrogen-bond acceptors (Lipinski definition) is 1. The monoisotopic (exact) mass is 463 g/mol. The molecule has 0 bridgehead atoms. The summed E-state index contributed by atoms with van der Waals surface area (Å²) in [7, 11) is -1.03. The highest BCUT2D eigenvalue weighted by Crippen LogP contribution is 2.40. The fourth-order valence-electron chi connectivity index (χ4n) is 3.79. The standard InChI is InChI=1S/C23H17Cl2F2NOS/c1-30(29)12-13-3-2-4-16-19(11-28-23(13)16)22(17-7-5-14(24)9-20(17)26)18-8-6-15(25)10-21(18)27/h2-11,22,28H,12H2,1H3. The maximum atomic E-state index is 15.0. The highest BCUT2D eigenvalue weighted by atomic mass is 35.5. The summed E-state index contributed by atoms with van der Waals surface area (Å²) < 4.78 is 41.7. The van der Waals surface area contributed by atoms with Crippen molar-refractivity contribution >= 4 is 44.9 Å². The van der Waals surface area contributed by atoms with E-state index in [9.17, 15) is 13.0 Å². The summed E-state index contributed by atoms with van der Waals surface area (Å²) in [6.45, 7) is 0. The Morgan fingerprint density at radius 2 is 1.53 bits per heavy atom. The number of H-pyrrole nitrogens is 1. The van der Waals surface area contributed by atoms with E-state index in [0.717, 1.165) is 16.5 Å². The van der Waals surface area contributed by atoms with Crippen molar-refractivity contribution in [1.29, 1.82) is 0 Å². The Hall–Kier alpha value is -2.21. The van der Waals surface area contributed by atoms with Crippen LogP contribution in [0.2, 0.25) is 10.0 Å². The third-order valence-electron chi connectivity index (χ3n) is 5.05. The van der Waals surface area contributed by atoms with Crippen LogP contribution in [0.5, 0.6) is 0 Å². The van der Waals surface area contributed by atoms with Gasteiger partial charge in [0.15, 0.2) is 0 Å². The Labute approximate surface area is 185 Å². The van der Waals surface area contributed by atoms with Crippen LogP contribution in [0.4, 0.5) is 8.78 Å². The molecule has 3 aromatic carbocycles. The molecule has 1 N–H and O–H groups in total. The van der Waals surface area contributed by atoms with Crippen molar-refractivity contribution < 1.29 is 13.0 Å². The van der Waals surface area contributed by atoms with Gasteiger partial charge >= 0.3 is 0 Å². The number of aromatic nitrogens is 1. The maximum Gasteiger partial charge on any atom is 0.128 e. The maximum absolute atomic E-state index is 15.0. The molecule has 4 aromatic rings. The van der Waals surface area contributed by atoms with Gasteiger partial charge in [-0.15, -0.1) is 0 Å². The van der Waals surface area contributed by atoms with Gasteiger partial charge in [0.05, 0.1) is 5.75 Å². The fourth-order valence-corrected chi connectivity index (χ4v) is 4.79. The fraction of sp³-hybridized carbons (Fsp3) is 0.130. The molecule has 0 fully saturated rings. The quantitative estimate of drug-likeness (QED) is 0.346. The molecule has 0 aliphatic heterocycles. The van der Waals surface area contributed by atoms with Crippen molar-refractivity contribution in [3.05, 3.63) is 105 Å². The lowest BCUT2D eigenvalue weighted by atomic mass is 9.84. The van der Waals surface area contributed by atoms with Gasteiger partial charge in [0.1, 0.15) is 11.6 Å². The van der Waals surface area contributed by atoms with Crippen molar-refractivity contribution in [2.45, 2.75) is 11.7 Å². The molecule has 0 saturated heterocycles. The first-order valence-electron chi connectivity index (χ1n) is 9.14. The largest absolute Gasteiger partial charge is 0.361 e. The highest BCUT2D eigenvalue weighted by Gasteiger charge is 2.26. The lowest BCUT2D eigenvalue weighted by molar-refractivity contribution is 0.587. The van der Waals surface area contributed by atoms with Gasteiger partial charge in [-0.25, -0.2) is 8.78 Å². The molecule has 0 saturated carbocycles. The summed E-state index contributed by atoms with van der Waals surface area (Å²) in [5.41, 5.74) is 2.98. The summed E-state index contributed by atoms with van der Waals surface area (Å²) in [6, 6.07) is 14.4. The van der Waals surface area contributed by atoms with Crippen molar-refractivity contribution in [2.75, 3.05) is 6.26 Å². The minimum Gasteiger partial charge on any atom is -0.361 e. The number of aromatic amines is 1. The van der Waals surface area contributed by atoms with E-state index < -0.39 is 28.4 Å². The summed E-state index contributed by atoms with van der Waals surface area (Å²) in [5.74, 6) is -1.40. The Balaban J connectivity index is 1.98. The Morgan fingerprint density at radius 3 is 2.07 bits per heavy atom. The molecule has 0 amide bonds. The Bertz CT molecular complexity index is 1220. The zero-order valence-corrected chi connectivity index (χ0v) is 18.2. The average molecular weight is 464 g/mol. The van der Waals surface area contributed by atoms with Crippen molar-refractivity contribution in [3.63, 3.8) is 0 Å². The summed E-state index contributed by atoms with van der Waals surface area (Å²) in [4.78, 5) is 3.21. The van der Waals surface area contributed by atoms with Gasteiger partial charge in [-0.05, 0) is 46.5 Å². The van der Waals surface area contributed by atoms with E-state index in [1.54, 1.807) is 36.7 Å². The first-order valence-corrected chi connectivity index (χ1v) is 11.6. The van der Waals surface area contributed by atoms with Gasteiger partial charge in [0.2, 0.25) is 0 Å². The second kappa shape index (κ2) is 8.50. The second-order valence-electron chi connectivity index (χ2n) is 7.07. The minimum absolute atomic E-state index is 0.262. The van der Waals surface area contributed by atoms with E-state index in [4.69, 9.17) is 23.2 Å². The first kappa shape index (κ1) is 21.0. The molecule has 1 heterocycles. The van der Waals surface area contributed by atoms with Gasteiger partial charge in [-0.2, -0.15) is 0 Å². The zero-order chi connectivity index (χ0) is 21.4. The molecule has 7 heteroatoms. The van der Waals surface area contributed by atoms with Gasteiger partial charge in [-0.3, -0.25) is 4.21 Å². The third kappa shape index (κ3) is 4.02. The number of hydrogen-bond donors (Lipinski definition) is 1. The van der Waals surface area contributed by atoms with Crippen LogP contribution >= 0.6 is 23.2 Å². The van der Waals surface area contributed by atoms with E-state index in [0.29, 0.717) is 22.4 Å². The molecule has 154 valence electrons. The van der Waals surface area contributed by atoms with E-state index in [1.165, 1.54) is 12.1 Å². The van der Waals surface area contributed by atoms with Gasteiger partial charge in [0, 0.05) is 50.1 Å². The second-order valence-corrected chi connectivity index (χ2v) is 9.37. The van der Waals surface area contributed by atoms with Gasteiger partial charge < -0.3 is 4.98 Å². The summed E-state index contributed by atoms with van der Waals surface area (Å²) >= 11 is 11.9. The van der Waals surface area contributed by atoms with Crippen LogP contribution in [-0.4, -0.2) is 15.4 Å². The normalized spacial score (nSPS) is 12.6. The molecule has 30 heavy (non-hydrogen) atoms. The molecular formula is C23H17Cl2F2NOS. The number of para-hydroxylation sites is 1. The summed E-state index contributed by atoms with van der Waals surface area (Å²) in [6.07, 6.45) is 3.39. The Morgan fingerprint density at radius 1 is 0.933 bits per heavy atom. The molecule has 0 aliphatic rings. The van der Waals surface area contributed by atoms with Crippen LogP contribution in [0.25, 0.3) is 10.9 Å². The molecule has 0 aliphatic carbocycles. The number of nitrogens with one attached hydrogen (secondary N) is 1. The molecule has 0 radical (unpaired) electrons. The molecule has 0 spiro atoms. The molecule has 2 nitrogen and oxygen atoms in total. The van der Waals surface area contributed by atoms with Crippen LogP contribution < -0.4 is 0 Å². The first-order chi connectivity index (χ1) is 14.3. The van der Waals surface area contributed by atoms with E-state index >= 15 is 0 Å². The van der Waals surface area contributed by atoms with Crippen molar-refractivity contribution in [3.8, 4) is 0 Å². The lowest BCUT2D eigenvalue weighted by Crippen LogP contribution is -2.08. The number of halogens is 4. The number of rotatable bonds is 5. The van der Waals surface area contributed by atoms with E-state index in [2.05, 4.69) is 4.98 Å². The molecular weight excluding hydrogens is 447 g/mol. The van der Waals surface area contributed by atoms with E-state index in [1.807, 2.05) is 18.2 Å². The number of benzene rings is 3. The van der Waals surface area contributed by atoms with Crippen LogP contribution in [0.15, 0.2) is 60.8 Å². The molecule has 1 unspecified atom stereocenters. The average Bonchev–Trinajstić information content (AvgIpc) is 3.10. The van der Waals surface area contributed by atoms with Crippen molar-refractivity contribution in [2.24, 2.45) is 0 Å². The molecule has 4 rings (SSSR count). The van der Waals surface area contributed by atoms with Gasteiger partial charge in [-0.1, -0.05) is 53.5 Å². The van der Waals surface area contributed by atoms with Crippen LogP contribution in [-0.2, 0) is 16.6 Å². The zero-order valence-electron chi connectivity index (χ0n) is 15.9. The Kier molecular flexibility index (Phi) is 5.96. The van der Waals surface area contributed by atoms with Crippen LogP contribution in [0.3, 0.4) is 0 Å². The highest BCUT2D eigenvalue weighted by molar-refractivity contribution is 7.83. The molecule has 1 atom stereocenters. The smallest absolute Gasteiger partial charge is 0.128 e. The predicted octanol–water partition coefficient (Wildman–Crippen LogP) is 6.81. The van der Waals surface area contributed by atoms with Crippen LogP contribution in [0.1, 0.15) is 28.2 Å². The van der Waals surface area contributed by atoms with Gasteiger partial charge in [0.25, 0.3) is 0 Å². The third-order valence-corrected chi connectivity index (χ3v) is 6.24. The topological polar surface area (TPSA) is 32.9 Å². The lowest BCUT2D eigenvalue weighted by Gasteiger charge is -2.20. The van der Waals surface area contributed by atoms with Crippen molar-refractivity contribution in [1.82, 2.24) is 4.98 Å². The van der Waals surface area contributed by atoms with Crippen LogP contribution in [0, 0.1) is 11.6 Å². The minimum atomic E-state index is -1.03.